The van der Waals surface area contributed by atoms with Crippen LogP contribution in [0.4, 0.5) is 0 Å². The molecule has 3 fully saturated rings. The Morgan fingerprint density at radius 3 is 1.70 bits per heavy atom. The smallest absolute Gasteiger partial charge is 0.394 e. The summed E-state index contributed by atoms with van der Waals surface area (Å²) in [5.41, 5.74) is 19.4. The van der Waals surface area contributed by atoms with Gasteiger partial charge in [0.2, 0.25) is 0 Å². The number of hydrogen-bond acceptors (Lipinski definition) is 19. The number of aliphatic hydroxyl groups is 7. The maximum absolute atomic E-state index is 12.1. The molecule has 0 unspecified atom stereocenters. The minimum absolute atomic E-state index is 0.140. The van der Waals surface area contributed by atoms with E-state index in [0.29, 0.717) is 0 Å². The highest BCUT2D eigenvalue weighted by atomic mass is 32.3. The van der Waals surface area contributed by atoms with E-state index in [4.69, 9.17) is 76.9 Å². The number of hydrogen-bond donors (Lipinski definition) is 16. The molecule has 20 N–H and O–H groups in total. The van der Waals surface area contributed by atoms with E-state index in [9.17, 15) is 40.5 Å². The summed E-state index contributed by atoms with van der Waals surface area (Å²) in [6, 6.07) is -4.08. The Morgan fingerprint density at radius 2 is 1.28 bits per heavy atom. The van der Waals surface area contributed by atoms with Gasteiger partial charge in [-0.2, -0.15) is 16.8 Å². The van der Waals surface area contributed by atoms with E-state index in [1.807, 2.05) is 0 Å². The lowest BCUT2D eigenvalue weighted by molar-refractivity contribution is -0.314. The van der Waals surface area contributed by atoms with Gasteiger partial charge in [0.25, 0.3) is 0 Å². The Kier molecular flexibility index (Phi) is 16.6. The molecule has 0 aromatic heterocycles. The number of aldehydes is 1. The fourth-order valence-corrected chi connectivity index (χ4v) is 5.08. The standard InChI is InChI=1S/C21H39N7O12.2H2O4S/c1-5-21(36,4-30)16(40-17-9(26-2)13(34)10(31)6(3-29)38-17)18(37-5)39-15-8(28-20(24)25)11(32)7(27-19(22)23)12(33)14(15)35;2*1-5(2,3)4/h4-18,26,29,31-36H,3H2,1-2H3,(H4,22,23,27)(H4,24,25,28);2*(H2,1,2,3,4)/t5-,6-,7+,8-,9-,10-,11+,12-,13-,14+,15+,16-,17-,18-,21+;;/m0../s1. The van der Waals surface area contributed by atoms with Crippen LogP contribution in [0.5, 0.6) is 0 Å². The zero-order valence-electron chi connectivity index (χ0n) is 26.0. The molecule has 0 aromatic rings. The van der Waals surface area contributed by atoms with Crippen molar-refractivity contribution in [2.75, 3.05) is 13.7 Å². The van der Waals surface area contributed by atoms with Crippen LogP contribution in [0.1, 0.15) is 6.92 Å². The lowest BCUT2D eigenvalue weighted by atomic mass is 9.81. The number of likely N-dealkylation sites (N-methyl/N-ethyl adjacent to an activating group) is 1. The average molecular weight is 778 g/mol. The van der Waals surface area contributed by atoms with E-state index >= 15 is 0 Å². The zero-order valence-corrected chi connectivity index (χ0v) is 27.6. The van der Waals surface area contributed by atoms with Gasteiger partial charge < -0.3 is 82.9 Å². The Balaban J connectivity index is 0.00000109. The number of nitrogens with two attached hydrogens (primary N) is 4. The van der Waals surface area contributed by atoms with Gasteiger partial charge in [0.05, 0.1) is 18.8 Å². The van der Waals surface area contributed by atoms with Crippen LogP contribution in [0.25, 0.3) is 0 Å². The third kappa shape index (κ3) is 12.6. The number of nitrogens with one attached hydrogen (secondary N) is 1. The number of guanidine groups is 2. The highest BCUT2D eigenvalue weighted by molar-refractivity contribution is 7.80. The van der Waals surface area contributed by atoms with Gasteiger partial charge in [-0.25, -0.2) is 9.98 Å². The molecule has 15 atom stereocenters. The lowest BCUT2D eigenvalue weighted by Crippen LogP contribution is -2.66. The van der Waals surface area contributed by atoms with Crippen molar-refractivity contribution in [2.45, 2.75) is 98.2 Å². The Bertz CT molecular complexity index is 1340. The first kappa shape index (κ1) is 45.5. The molecule has 2 aliphatic heterocycles. The van der Waals surface area contributed by atoms with Crippen LogP contribution in [0, 0.1) is 0 Å². The summed E-state index contributed by atoms with van der Waals surface area (Å²) in [5.74, 6) is -1.03. The first-order valence-corrected chi connectivity index (χ1v) is 16.6. The second kappa shape index (κ2) is 18.3. The van der Waals surface area contributed by atoms with E-state index in [1.165, 1.54) is 14.0 Å². The van der Waals surface area contributed by atoms with Gasteiger partial charge in [-0.05, 0) is 14.0 Å². The summed E-state index contributed by atoms with van der Waals surface area (Å²) in [5, 5.41) is 76.6. The van der Waals surface area contributed by atoms with Gasteiger partial charge in [-0.15, -0.1) is 0 Å². The molecule has 2 heterocycles. The number of ether oxygens (including phenoxy) is 4. The first-order chi connectivity index (χ1) is 22.7. The second-order valence-electron chi connectivity index (χ2n) is 10.8. The Labute approximate surface area is 283 Å². The summed E-state index contributed by atoms with van der Waals surface area (Å²) >= 11 is 0. The molecule has 3 aliphatic rings. The van der Waals surface area contributed by atoms with Gasteiger partial charge in [-0.1, -0.05) is 0 Å². The minimum Gasteiger partial charge on any atom is -0.394 e. The largest absolute Gasteiger partial charge is 0.394 e. The number of nitrogens with zero attached hydrogens (tertiary/aromatic N) is 2. The number of carbonyl (C=O) groups is 1. The molecule has 0 spiro atoms. The minimum atomic E-state index is -4.67. The summed E-state index contributed by atoms with van der Waals surface area (Å²) < 4.78 is 86.1. The molecular formula is C21H43N7O20S2. The van der Waals surface area contributed by atoms with Crippen molar-refractivity contribution < 1.29 is 94.5 Å². The summed E-state index contributed by atoms with van der Waals surface area (Å²) in [4.78, 5) is 19.7. The van der Waals surface area contributed by atoms with Crippen LogP contribution < -0.4 is 28.3 Å². The quantitative estimate of drug-likeness (QED) is 0.0447. The van der Waals surface area contributed by atoms with Crippen molar-refractivity contribution in [3.05, 3.63) is 0 Å². The molecule has 0 radical (unpaired) electrons. The first-order valence-electron chi connectivity index (χ1n) is 13.8. The SMILES string of the molecule is CN[C@@H]1[C@H](O[C@H]2[C@H](O[C@H]3[C@H](O)[C@@H](O)[C@H](N=C(N)N)[C@@H](O)[C@@H]3N=C(N)N)O[C@@H](C)[C@]2(O)C=O)O[C@@H](CO)[C@H](O)[C@H]1O.O=S(=O)(O)O.O=S(=O)(O)O. The van der Waals surface area contributed by atoms with E-state index in [0.717, 1.165) is 0 Å². The molecule has 0 aromatic carbocycles. The third-order valence-electron chi connectivity index (χ3n) is 7.34. The van der Waals surface area contributed by atoms with Gasteiger partial charge in [0.15, 0.2) is 36.4 Å². The molecule has 27 nitrogen and oxygen atoms in total. The highest BCUT2D eigenvalue weighted by Crippen LogP contribution is 2.38. The highest BCUT2D eigenvalue weighted by Gasteiger charge is 2.60. The molecule has 1 aliphatic carbocycles. The number of carbonyl (C=O) groups excluding carboxylic acids is 1. The molecule has 50 heavy (non-hydrogen) atoms. The van der Waals surface area contributed by atoms with Crippen molar-refractivity contribution in [1.29, 1.82) is 0 Å². The average Bonchev–Trinajstić information content (AvgIpc) is 3.20. The Morgan fingerprint density at radius 1 is 0.800 bits per heavy atom. The zero-order chi connectivity index (χ0) is 39.1. The monoisotopic (exact) mass is 777 g/mol. The fraction of sp³-hybridized carbons (Fsp3) is 0.857. The van der Waals surface area contributed by atoms with Crippen molar-refractivity contribution in [1.82, 2.24) is 5.32 Å². The topological polar surface area (TPSA) is 486 Å². The summed E-state index contributed by atoms with van der Waals surface area (Å²) in [6.07, 6.45) is -17.3. The molecule has 1 saturated carbocycles. The molecule has 2 saturated heterocycles. The molecular weight excluding hydrogens is 734 g/mol. The van der Waals surface area contributed by atoms with E-state index in [1.54, 1.807) is 0 Å². The Hall–Kier alpha value is -2.53. The van der Waals surface area contributed by atoms with E-state index in [2.05, 4.69) is 15.3 Å². The molecule has 0 amide bonds. The number of aliphatic hydroxyl groups excluding tert-OH is 6. The normalized spacial score (nSPS) is 40.3. The van der Waals surface area contributed by atoms with Gasteiger partial charge in [0.1, 0.15) is 60.9 Å². The summed E-state index contributed by atoms with van der Waals surface area (Å²) in [6.45, 7) is 0.620. The van der Waals surface area contributed by atoms with Gasteiger partial charge in [0, 0.05) is 0 Å². The van der Waals surface area contributed by atoms with Crippen LogP contribution in [0.3, 0.4) is 0 Å². The van der Waals surface area contributed by atoms with Crippen LogP contribution in [0.15, 0.2) is 9.98 Å². The van der Waals surface area contributed by atoms with Crippen molar-refractivity contribution in [3.63, 3.8) is 0 Å². The lowest BCUT2D eigenvalue weighted by Gasteiger charge is -2.45. The summed E-state index contributed by atoms with van der Waals surface area (Å²) in [7, 11) is -7.92. The van der Waals surface area contributed by atoms with Crippen molar-refractivity contribution in [2.24, 2.45) is 32.9 Å². The molecule has 3 rings (SSSR count). The predicted molar refractivity (Wildman–Crippen MR) is 161 cm³/mol. The van der Waals surface area contributed by atoms with Crippen molar-refractivity contribution >= 4 is 39.0 Å². The van der Waals surface area contributed by atoms with E-state index in [-0.39, 0.29) is 6.29 Å². The van der Waals surface area contributed by atoms with Crippen LogP contribution in [0.2, 0.25) is 0 Å². The maximum Gasteiger partial charge on any atom is 0.394 e. The second-order valence-corrected chi connectivity index (χ2v) is 12.6. The fourth-order valence-electron chi connectivity index (χ4n) is 5.08. The molecule has 29 heteroatoms. The maximum atomic E-state index is 12.1. The third-order valence-corrected chi connectivity index (χ3v) is 7.34. The molecule has 0 bridgehead atoms. The number of aliphatic imine (C=N–C) groups is 2. The number of rotatable bonds is 9. The molecule has 294 valence electrons. The van der Waals surface area contributed by atoms with E-state index < -0.39 is 131 Å². The van der Waals surface area contributed by atoms with Gasteiger partial charge >= 0.3 is 20.8 Å². The van der Waals surface area contributed by atoms with Gasteiger partial charge in [-0.3, -0.25) is 23.0 Å². The van der Waals surface area contributed by atoms with Crippen LogP contribution in [-0.2, 0) is 44.5 Å². The van der Waals surface area contributed by atoms with Crippen LogP contribution >= 0.6 is 0 Å². The predicted octanol–water partition coefficient (Wildman–Crippen LogP) is -9.47. The van der Waals surface area contributed by atoms with Crippen LogP contribution in [-0.4, -0.2) is 194 Å². The van der Waals surface area contributed by atoms with Crippen molar-refractivity contribution in [3.8, 4) is 0 Å².